The maximum atomic E-state index is 12.1. The van der Waals surface area contributed by atoms with Crippen LogP contribution in [0.2, 0.25) is 0 Å². The van der Waals surface area contributed by atoms with E-state index in [0.717, 1.165) is 32.2 Å². The summed E-state index contributed by atoms with van der Waals surface area (Å²) in [6.45, 7) is 2.34. The van der Waals surface area contributed by atoms with Crippen molar-refractivity contribution in [3.8, 4) is 0 Å². The van der Waals surface area contributed by atoms with Gasteiger partial charge in [0.25, 0.3) is 0 Å². The van der Waals surface area contributed by atoms with Crippen molar-refractivity contribution in [2.75, 3.05) is 13.1 Å². The molecule has 0 bridgehead atoms. The summed E-state index contributed by atoms with van der Waals surface area (Å²) in [6, 6.07) is 0. The van der Waals surface area contributed by atoms with Crippen LogP contribution in [-0.4, -0.2) is 40.6 Å². The second kappa shape index (κ2) is 4.66. The van der Waals surface area contributed by atoms with Gasteiger partial charge in [-0.3, -0.25) is 0 Å². The fourth-order valence-electron chi connectivity index (χ4n) is 2.62. The van der Waals surface area contributed by atoms with Crippen molar-refractivity contribution in [3.63, 3.8) is 0 Å². The lowest BCUT2D eigenvalue weighted by Crippen LogP contribution is -2.40. The number of hydrogen-bond donors (Lipinski definition) is 0. The molecule has 0 amide bonds. The number of hydrogen-bond acceptors (Lipinski definition) is 3. The SMILES string of the molecule is O=S(=O)(C1CC1)N1CCC(Cn2ccnc2)CC1. The lowest BCUT2D eigenvalue weighted by Gasteiger charge is -2.31. The van der Waals surface area contributed by atoms with E-state index in [4.69, 9.17) is 0 Å². The maximum Gasteiger partial charge on any atom is 0.216 e. The van der Waals surface area contributed by atoms with Crippen molar-refractivity contribution in [2.45, 2.75) is 37.5 Å². The Bertz CT molecular complexity index is 485. The molecule has 1 saturated heterocycles. The third-order valence-electron chi connectivity index (χ3n) is 3.91. The summed E-state index contributed by atoms with van der Waals surface area (Å²) >= 11 is 0. The van der Waals surface area contributed by atoms with E-state index in [-0.39, 0.29) is 5.25 Å². The van der Waals surface area contributed by atoms with Gasteiger partial charge >= 0.3 is 0 Å². The first kappa shape index (κ1) is 12.2. The normalized spacial score (nSPS) is 23.3. The summed E-state index contributed by atoms with van der Waals surface area (Å²) < 4.78 is 27.9. The Kier molecular flexibility index (Phi) is 3.15. The molecule has 1 aliphatic carbocycles. The summed E-state index contributed by atoms with van der Waals surface area (Å²) in [5.41, 5.74) is 0. The first-order valence-corrected chi connectivity index (χ1v) is 8.11. The molecule has 2 aliphatic rings. The Balaban J connectivity index is 1.55. The minimum Gasteiger partial charge on any atom is -0.337 e. The van der Waals surface area contributed by atoms with E-state index in [1.54, 1.807) is 10.5 Å². The minimum absolute atomic E-state index is 0.0669. The Hall–Kier alpha value is -0.880. The fourth-order valence-corrected chi connectivity index (χ4v) is 4.49. The molecule has 1 aromatic rings. The zero-order chi connectivity index (χ0) is 12.6. The number of nitrogens with zero attached hydrogens (tertiary/aromatic N) is 3. The topological polar surface area (TPSA) is 55.2 Å². The van der Waals surface area contributed by atoms with Crippen molar-refractivity contribution in [1.29, 1.82) is 0 Å². The van der Waals surface area contributed by atoms with Gasteiger partial charge in [-0.2, -0.15) is 0 Å². The number of piperidine rings is 1. The highest BCUT2D eigenvalue weighted by molar-refractivity contribution is 7.90. The second-order valence-corrected chi connectivity index (χ2v) is 7.56. The van der Waals surface area contributed by atoms with E-state index < -0.39 is 10.0 Å². The summed E-state index contributed by atoms with van der Waals surface area (Å²) in [5, 5.41) is -0.0669. The van der Waals surface area contributed by atoms with Crippen LogP contribution in [0, 0.1) is 5.92 Å². The Morgan fingerprint density at radius 2 is 1.89 bits per heavy atom. The largest absolute Gasteiger partial charge is 0.337 e. The molecule has 5 nitrogen and oxygen atoms in total. The van der Waals surface area contributed by atoms with Crippen molar-refractivity contribution >= 4 is 10.0 Å². The van der Waals surface area contributed by atoms with Crippen molar-refractivity contribution in [3.05, 3.63) is 18.7 Å². The van der Waals surface area contributed by atoms with Crippen LogP contribution >= 0.6 is 0 Å². The highest BCUT2D eigenvalue weighted by Gasteiger charge is 2.41. The van der Waals surface area contributed by atoms with Gasteiger partial charge < -0.3 is 4.57 Å². The zero-order valence-corrected chi connectivity index (χ0v) is 11.2. The third kappa shape index (κ3) is 2.44. The first-order valence-electron chi connectivity index (χ1n) is 6.61. The molecule has 0 radical (unpaired) electrons. The summed E-state index contributed by atoms with van der Waals surface area (Å²) in [4.78, 5) is 4.03. The zero-order valence-electron chi connectivity index (χ0n) is 10.4. The van der Waals surface area contributed by atoms with Crippen LogP contribution in [0.4, 0.5) is 0 Å². The molecule has 0 atom stereocenters. The molecule has 1 aliphatic heterocycles. The lowest BCUT2D eigenvalue weighted by molar-refractivity contribution is 0.252. The molecule has 6 heteroatoms. The van der Waals surface area contributed by atoms with Crippen molar-refractivity contribution in [2.24, 2.45) is 5.92 Å². The molecular formula is C12H19N3O2S. The van der Waals surface area contributed by atoms with Gasteiger partial charge in [-0.15, -0.1) is 0 Å². The van der Waals surface area contributed by atoms with Crippen LogP contribution in [0.15, 0.2) is 18.7 Å². The average molecular weight is 269 g/mol. The second-order valence-electron chi connectivity index (χ2n) is 5.35. The smallest absolute Gasteiger partial charge is 0.216 e. The quantitative estimate of drug-likeness (QED) is 0.822. The van der Waals surface area contributed by atoms with Crippen LogP contribution in [0.5, 0.6) is 0 Å². The molecule has 0 spiro atoms. The molecule has 3 rings (SSSR count). The van der Waals surface area contributed by atoms with E-state index in [2.05, 4.69) is 9.55 Å². The summed E-state index contributed by atoms with van der Waals surface area (Å²) in [5.74, 6) is 0.574. The molecule has 1 aromatic heterocycles. The van der Waals surface area contributed by atoms with Gasteiger partial charge in [-0.1, -0.05) is 0 Å². The van der Waals surface area contributed by atoms with Crippen LogP contribution in [-0.2, 0) is 16.6 Å². The van der Waals surface area contributed by atoms with E-state index in [0.29, 0.717) is 19.0 Å². The van der Waals surface area contributed by atoms with Gasteiger partial charge in [-0.05, 0) is 31.6 Å². The highest BCUT2D eigenvalue weighted by atomic mass is 32.2. The molecule has 0 aromatic carbocycles. The monoisotopic (exact) mass is 269 g/mol. The number of rotatable bonds is 4. The average Bonchev–Trinajstić information content (AvgIpc) is 3.11. The lowest BCUT2D eigenvalue weighted by atomic mass is 9.98. The van der Waals surface area contributed by atoms with Gasteiger partial charge in [0.1, 0.15) is 0 Å². The predicted octanol–water partition coefficient (Wildman–Crippen LogP) is 1.09. The molecule has 1 saturated carbocycles. The van der Waals surface area contributed by atoms with Crippen LogP contribution in [0.1, 0.15) is 25.7 Å². The minimum atomic E-state index is -2.96. The predicted molar refractivity (Wildman–Crippen MR) is 68.5 cm³/mol. The third-order valence-corrected chi connectivity index (χ3v) is 6.31. The van der Waals surface area contributed by atoms with Crippen LogP contribution in [0.25, 0.3) is 0 Å². The van der Waals surface area contributed by atoms with E-state index >= 15 is 0 Å². The Labute approximate surface area is 108 Å². The van der Waals surface area contributed by atoms with Crippen molar-refractivity contribution < 1.29 is 8.42 Å². The van der Waals surface area contributed by atoms with Crippen LogP contribution in [0.3, 0.4) is 0 Å². The van der Waals surface area contributed by atoms with Gasteiger partial charge in [0, 0.05) is 32.0 Å². The fraction of sp³-hybridized carbons (Fsp3) is 0.750. The molecular weight excluding hydrogens is 250 g/mol. The Morgan fingerprint density at radius 1 is 1.17 bits per heavy atom. The van der Waals surface area contributed by atoms with Gasteiger partial charge in [0.15, 0.2) is 0 Å². The number of sulfonamides is 1. The van der Waals surface area contributed by atoms with E-state index in [9.17, 15) is 8.42 Å². The summed E-state index contributed by atoms with van der Waals surface area (Å²) in [6.07, 6.45) is 9.22. The molecule has 2 fully saturated rings. The Morgan fingerprint density at radius 3 is 2.44 bits per heavy atom. The first-order chi connectivity index (χ1) is 8.66. The highest BCUT2D eigenvalue weighted by Crippen LogP contribution is 2.33. The molecule has 18 heavy (non-hydrogen) atoms. The molecule has 100 valence electrons. The number of imidazole rings is 1. The number of aromatic nitrogens is 2. The summed E-state index contributed by atoms with van der Waals surface area (Å²) in [7, 11) is -2.96. The van der Waals surface area contributed by atoms with Gasteiger partial charge in [0.2, 0.25) is 10.0 Å². The van der Waals surface area contributed by atoms with Crippen LogP contribution < -0.4 is 0 Å². The standard InChI is InChI=1S/C12H19N3O2S/c16-18(17,12-1-2-12)15-6-3-11(4-7-15)9-14-8-5-13-10-14/h5,8,10-12H,1-4,6-7,9H2. The van der Waals surface area contributed by atoms with Gasteiger partial charge in [-0.25, -0.2) is 17.7 Å². The molecule has 0 unspecified atom stereocenters. The van der Waals surface area contributed by atoms with Gasteiger partial charge in [0.05, 0.1) is 11.6 Å². The van der Waals surface area contributed by atoms with Crippen molar-refractivity contribution in [1.82, 2.24) is 13.9 Å². The molecule has 2 heterocycles. The maximum absolute atomic E-state index is 12.1. The van der Waals surface area contributed by atoms with E-state index in [1.807, 2.05) is 12.5 Å². The molecule has 0 N–H and O–H groups in total. The van der Waals surface area contributed by atoms with E-state index in [1.165, 1.54) is 0 Å².